The SMILES string of the molecule is COc1ccc(CO[C@H]2[C@@H](OCc3ccccc3)[C@H](O)[C@H](CO)C(=O)[C@H](OCc3ccccc3)[C@H](O[Si](C)(C)C(C)(C)C)C2(C)C)cc1. The number of carbonyl (C=O) groups is 1. The van der Waals surface area contributed by atoms with Crippen LogP contribution in [0.3, 0.4) is 0 Å². The molecule has 1 fully saturated rings. The molecule has 0 amide bonds. The van der Waals surface area contributed by atoms with Gasteiger partial charge in [0.25, 0.3) is 0 Å². The van der Waals surface area contributed by atoms with Crippen LogP contribution in [-0.4, -0.2) is 68.6 Å². The molecular formula is C39H54O8Si. The quantitative estimate of drug-likeness (QED) is 0.192. The lowest BCUT2D eigenvalue weighted by Gasteiger charge is -2.52. The monoisotopic (exact) mass is 678 g/mol. The van der Waals surface area contributed by atoms with Gasteiger partial charge in [0.15, 0.2) is 14.1 Å². The molecule has 2 N–H and O–H groups in total. The summed E-state index contributed by atoms with van der Waals surface area (Å²) in [7, 11) is -0.915. The molecule has 1 aliphatic carbocycles. The maximum Gasteiger partial charge on any atom is 0.192 e. The van der Waals surface area contributed by atoms with E-state index in [9.17, 15) is 15.0 Å². The first-order valence-corrected chi connectivity index (χ1v) is 19.7. The molecule has 0 heterocycles. The second-order valence-corrected chi connectivity index (χ2v) is 19.6. The van der Waals surface area contributed by atoms with E-state index in [-0.39, 0.29) is 24.9 Å². The summed E-state index contributed by atoms with van der Waals surface area (Å²) in [5, 5.41) is 22.5. The molecule has 3 aromatic rings. The molecule has 6 atom stereocenters. The minimum Gasteiger partial charge on any atom is -0.497 e. The van der Waals surface area contributed by atoms with Crippen molar-refractivity contribution < 1.29 is 38.4 Å². The summed E-state index contributed by atoms with van der Waals surface area (Å²) in [4.78, 5) is 14.5. The van der Waals surface area contributed by atoms with Crippen molar-refractivity contribution in [3.63, 3.8) is 0 Å². The van der Waals surface area contributed by atoms with Crippen LogP contribution in [0.25, 0.3) is 0 Å². The van der Waals surface area contributed by atoms with Crippen molar-refractivity contribution >= 4 is 14.1 Å². The van der Waals surface area contributed by atoms with E-state index in [1.165, 1.54) is 0 Å². The largest absolute Gasteiger partial charge is 0.497 e. The molecule has 0 radical (unpaired) electrons. The van der Waals surface area contributed by atoms with Crippen LogP contribution >= 0.6 is 0 Å². The molecule has 4 rings (SSSR count). The molecule has 0 bridgehead atoms. The molecule has 0 aromatic heterocycles. The van der Waals surface area contributed by atoms with Crippen LogP contribution in [0.1, 0.15) is 51.3 Å². The number of Topliss-reactive ketones (excluding diaryl/α,β-unsaturated/α-hetero) is 1. The third kappa shape index (κ3) is 9.01. The van der Waals surface area contributed by atoms with E-state index >= 15 is 0 Å². The average Bonchev–Trinajstić information content (AvgIpc) is 3.06. The number of hydrogen-bond acceptors (Lipinski definition) is 8. The van der Waals surface area contributed by atoms with Crippen LogP contribution in [-0.2, 0) is 43.3 Å². The highest BCUT2D eigenvalue weighted by atomic mass is 28.4. The summed E-state index contributed by atoms with van der Waals surface area (Å²) >= 11 is 0. The zero-order chi connectivity index (χ0) is 35.1. The Bertz CT molecular complexity index is 1420. The van der Waals surface area contributed by atoms with Crippen LogP contribution in [0.15, 0.2) is 84.9 Å². The number of ketones is 1. The first-order valence-electron chi connectivity index (χ1n) is 16.8. The van der Waals surface area contributed by atoms with Crippen molar-refractivity contribution in [2.45, 2.75) is 103 Å². The summed E-state index contributed by atoms with van der Waals surface area (Å²) in [5.41, 5.74) is 1.78. The maximum atomic E-state index is 14.5. The number of benzene rings is 3. The highest BCUT2D eigenvalue weighted by molar-refractivity contribution is 6.74. The van der Waals surface area contributed by atoms with Gasteiger partial charge in [-0.3, -0.25) is 4.79 Å². The standard InChI is InChI=1S/C39H54O8Si/c1-38(2,3)48(7,8)47-37-35(45-25-28-17-13-10-14-18-28)33(42)31(23-40)32(41)34(44-24-27-15-11-9-12-16-27)36(39(37,4)5)46-26-29-19-21-30(43-6)22-20-29/h9-22,31-32,34-37,40-41H,23-26H2,1-8H3/t31-,32+,34-,35-,36-,37-/m0/s1. The molecule has 1 aliphatic rings. The molecule has 0 aliphatic heterocycles. The highest BCUT2D eigenvalue weighted by Crippen LogP contribution is 2.46. The predicted octanol–water partition coefficient (Wildman–Crippen LogP) is 6.72. The summed E-state index contributed by atoms with van der Waals surface area (Å²) in [6.45, 7) is 14.7. The molecule has 0 saturated heterocycles. The lowest BCUT2D eigenvalue weighted by Crippen LogP contribution is -2.66. The topological polar surface area (TPSA) is 104 Å². The number of ether oxygens (including phenoxy) is 4. The Morgan fingerprint density at radius 1 is 0.750 bits per heavy atom. The smallest absolute Gasteiger partial charge is 0.192 e. The van der Waals surface area contributed by atoms with Crippen molar-refractivity contribution in [3.05, 3.63) is 102 Å². The Balaban J connectivity index is 1.83. The van der Waals surface area contributed by atoms with Gasteiger partial charge in [-0.1, -0.05) is 107 Å². The third-order valence-corrected chi connectivity index (χ3v) is 14.5. The van der Waals surface area contributed by atoms with Gasteiger partial charge in [0, 0.05) is 5.41 Å². The van der Waals surface area contributed by atoms with Gasteiger partial charge in [-0.15, -0.1) is 0 Å². The lowest BCUT2D eigenvalue weighted by molar-refractivity contribution is -0.223. The Morgan fingerprint density at radius 3 is 1.75 bits per heavy atom. The highest BCUT2D eigenvalue weighted by Gasteiger charge is 2.58. The average molecular weight is 679 g/mol. The van der Waals surface area contributed by atoms with Crippen molar-refractivity contribution in [2.24, 2.45) is 11.3 Å². The zero-order valence-corrected chi connectivity index (χ0v) is 30.7. The summed E-state index contributed by atoms with van der Waals surface area (Å²) in [5.74, 6) is -0.880. The fourth-order valence-corrected chi connectivity index (χ4v) is 7.33. The number of hydrogen-bond donors (Lipinski definition) is 2. The molecule has 9 heteroatoms. The number of carbonyl (C=O) groups excluding carboxylic acids is 1. The van der Waals surface area contributed by atoms with E-state index in [1.807, 2.05) is 98.8 Å². The van der Waals surface area contributed by atoms with E-state index < -0.39 is 62.6 Å². The van der Waals surface area contributed by atoms with Gasteiger partial charge in [0.1, 0.15) is 18.0 Å². The van der Waals surface area contributed by atoms with Crippen LogP contribution < -0.4 is 4.74 Å². The van der Waals surface area contributed by atoms with Crippen molar-refractivity contribution in [3.8, 4) is 5.75 Å². The molecule has 8 nitrogen and oxygen atoms in total. The first kappa shape index (κ1) is 37.9. The van der Waals surface area contributed by atoms with Gasteiger partial charge in [-0.05, 0) is 47.0 Å². The Labute approximate surface area is 287 Å². The van der Waals surface area contributed by atoms with Crippen LogP contribution in [0, 0.1) is 11.3 Å². The lowest BCUT2D eigenvalue weighted by atomic mass is 9.69. The predicted molar refractivity (Wildman–Crippen MR) is 189 cm³/mol. The van der Waals surface area contributed by atoms with Crippen LogP contribution in [0.4, 0.5) is 0 Å². The van der Waals surface area contributed by atoms with E-state index in [0.717, 1.165) is 22.4 Å². The van der Waals surface area contributed by atoms with E-state index in [0.29, 0.717) is 0 Å². The van der Waals surface area contributed by atoms with E-state index in [2.05, 4.69) is 33.9 Å². The zero-order valence-electron chi connectivity index (χ0n) is 29.7. The molecule has 48 heavy (non-hydrogen) atoms. The van der Waals surface area contributed by atoms with Gasteiger partial charge >= 0.3 is 0 Å². The minimum atomic E-state index is -2.54. The minimum absolute atomic E-state index is 0.157. The van der Waals surface area contributed by atoms with Gasteiger partial charge in [-0.25, -0.2) is 0 Å². The number of aliphatic hydroxyl groups excluding tert-OH is 2. The van der Waals surface area contributed by atoms with Gasteiger partial charge in [0.05, 0.1) is 57.8 Å². The van der Waals surface area contributed by atoms with Gasteiger partial charge < -0.3 is 33.6 Å². The Morgan fingerprint density at radius 2 is 1.25 bits per heavy atom. The maximum absolute atomic E-state index is 14.5. The van der Waals surface area contributed by atoms with E-state index in [4.69, 9.17) is 23.4 Å². The fourth-order valence-electron chi connectivity index (χ4n) is 5.92. The summed E-state index contributed by atoms with van der Waals surface area (Å²) in [6, 6.07) is 26.9. The van der Waals surface area contributed by atoms with Gasteiger partial charge in [-0.2, -0.15) is 0 Å². The molecule has 0 unspecified atom stereocenters. The van der Waals surface area contributed by atoms with Crippen molar-refractivity contribution in [2.75, 3.05) is 13.7 Å². The fraction of sp³-hybridized carbons (Fsp3) is 0.513. The molecule has 262 valence electrons. The van der Waals surface area contributed by atoms with Crippen molar-refractivity contribution in [1.29, 1.82) is 0 Å². The van der Waals surface area contributed by atoms with Crippen LogP contribution in [0.2, 0.25) is 18.1 Å². The number of aliphatic hydroxyl groups is 2. The van der Waals surface area contributed by atoms with Gasteiger partial charge in [0.2, 0.25) is 0 Å². The van der Waals surface area contributed by atoms with Crippen molar-refractivity contribution in [1.82, 2.24) is 0 Å². The molecule has 0 spiro atoms. The first-order chi connectivity index (χ1) is 22.7. The Hall–Kier alpha value is -2.89. The van der Waals surface area contributed by atoms with E-state index in [1.54, 1.807) is 7.11 Å². The Kier molecular flexibility index (Phi) is 12.8. The normalized spacial score (nSPS) is 24.9. The number of rotatable bonds is 13. The summed E-state index contributed by atoms with van der Waals surface area (Å²) in [6.07, 6.45) is -5.04. The molecule has 1 saturated carbocycles. The second-order valence-electron chi connectivity index (χ2n) is 14.9. The van der Waals surface area contributed by atoms with Crippen LogP contribution in [0.5, 0.6) is 5.75 Å². The molecule has 3 aromatic carbocycles. The summed E-state index contributed by atoms with van der Waals surface area (Å²) < 4.78 is 32.4. The third-order valence-electron chi connectivity index (χ3n) is 10.0. The number of methoxy groups -OCH3 is 1. The second kappa shape index (κ2) is 16.2. The molecular weight excluding hydrogens is 625 g/mol.